The van der Waals surface area contributed by atoms with Crippen LogP contribution in [-0.2, 0) is 6.54 Å². The fourth-order valence-electron chi connectivity index (χ4n) is 0.691. The number of rotatable bonds is 3. The molecular weight excluding hydrogens is 146 g/mol. The van der Waals surface area contributed by atoms with Crippen LogP contribution in [0.3, 0.4) is 0 Å². The number of imidazole rings is 1. The molecule has 0 aliphatic heterocycles. The van der Waals surface area contributed by atoms with Crippen LogP contribution in [0.15, 0.2) is 25.2 Å². The SMILES string of the molecule is C=CCn1cnc([N+](=O)[O-])c1. The van der Waals surface area contributed by atoms with Crippen LogP contribution in [0.2, 0.25) is 0 Å². The monoisotopic (exact) mass is 153 g/mol. The summed E-state index contributed by atoms with van der Waals surface area (Å²) in [6, 6.07) is 0. The lowest BCUT2D eigenvalue weighted by molar-refractivity contribution is -0.389. The smallest absolute Gasteiger partial charge is 0.358 e. The topological polar surface area (TPSA) is 61.0 Å². The zero-order chi connectivity index (χ0) is 8.27. The highest BCUT2D eigenvalue weighted by Gasteiger charge is 2.07. The summed E-state index contributed by atoms with van der Waals surface area (Å²) in [5.41, 5.74) is 0. The Morgan fingerprint density at radius 3 is 3.09 bits per heavy atom. The van der Waals surface area contributed by atoms with Crippen LogP contribution in [0.25, 0.3) is 0 Å². The van der Waals surface area contributed by atoms with Crippen molar-refractivity contribution in [1.29, 1.82) is 0 Å². The molecule has 0 fully saturated rings. The van der Waals surface area contributed by atoms with Crippen molar-refractivity contribution in [3.05, 3.63) is 35.3 Å². The van der Waals surface area contributed by atoms with Gasteiger partial charge in [0.05, 0.1) is 0 Å². The average Bonchev–Trinajstić information content (AvgIpc) is 2.37. The Kier molecular flexibility index (Phi) is 2.00. The second kappa shape index (κ2) is 2.96. The van der Waals surface area contributed by atoms with Gasteiger partial charge in [0.1, 0.15) is 6.20 Å². The van der Waals surface area contributed by atoms with Crippen LogP contribution in [0, 0.1) is 10.1 Å². The molecule has 11 heavy (non-hydrogen) atoms. The zero-order valence-electron chi connectivity index (χ0n) is 5.80. The summed E-state index contributed by atoms with van der Waals surface area (Å²) >= 11 is 0. The normalized spacial score (nSPS) is 9.45. The molecule has 0 saturated carbocycles. The van der Waals surface area contributed by atoms with E-state index < -0.39 is 4.92 Å². The Labute approximate surface area is 63.1 Å². The first-order chi connectivity index (χ1) is 5.24. The molecule has 0 saturated heterocycles. The van der Waals surface area contributed by atoms with E-state index >= 15 is 0 Å². The third-order valence-electron chi connectivity index (χ3n) is 1.15. The molecule has 0 spiro atoms. The summed E-state index contributed by atoms with van der Waals surface area (Å²) in [5.74, 6) is -0.133. The molecule has 0 aliphatic rings. The van der Waals surface area contributed by atoms with Crippen LogP contribution in [-0.4, -0.2) is 14.5 Å². The average molecular weight is 153 g/mol. The number of nitrogens with zero attached hydrogens (tertiary/aromatic N) is 3. The number of aromatic nitrogens is 2. The van der Waals surface area contributed by atoms with Gasteiger partial charge >= 0.3 is 5.82 Å². The van der Waals surface area contributed by atoms with Crippen LogP contribution in [0.5, 0.6) is 0 Å². The molecule has 0 radical (unpaired) electrons. The first-order valence-electron chi connectivity index (χ1n) is 3.01. The van der Waals surface area contributed by atoms with Gasteiger partial charge in [-0.25, -0.2) is 0 Å². The van der Waals surface area contributed by atoms with Gasteiger partial charge in [0, 0.05) is 6.54 Å². The second-order valence-corrected chi connectivity index (χ2v) is 1.97. The summed E-state index contributed by atoms with van der Waals surface area (Å²) < 4.78 is 1.59. The molecular formula is C6H7N3O2. The molecule has 0 N–H and O–H groups in total. The van der Waals surface area contributed by atoms with Crippen molar-refractivity contribution < 1.29 is 4.92 Å². The molecule has 0 atom stereocenters. The minimum Gasteiger partial charge on any atom is -0.358 e. The highest BCUT2D eigenvalue weighted by molar-refractivity contribution is 5.12. The van der Waals surface area contributed by atoms with Crippen molar-refractivity contribution in [1.82, 2.24) is 9.55 Å². The molecule has 0 aliphatic carbocycles. The van der Waals surface area contributed by atoms with E-state index in [-0.39, 0.29) is 5.82 Å². The first-order valence-corrected chi connectivity index (χ1v) is 3.01. The molecule has 58 valence electrons. The van der Waals surface area contributed by atoms with Gasteiger partial charge in [-0.3, -0.25) is 0 Å². The van der Waals surface area contributed by atoms with Crippen molar-refractivity contribution in [2.24, 2.45) is 0 Å². The first kappa shape index (κ1) is 7.46. The maximum atomic E-state index is 10.1. The lowest BCUT2D eigenvalue weighted by atomic mass is 10.6. The molecule has 0 bridgehead atoms. The van der Waals surface area contributed by atoms with Gasteiger partial charge in [-0.05, 0) is 9.91 Å². The molecule has 1 aromatic heterocycles. The number of hydrogen-bond acceptors (Lipinski definition) is 3. The fourth-order valence-corrected chi connectivity index (χ4v) is 0.691. The molecule has 1 rings (SSSR count). The zero-order valence-corrected chi connectivity index (χ0v) is 5.80. The van der Waals surface area contributed by atoms with Crippen LogP contribution >= 0.6 is 0 Å². The van der Waals surface area contributed by atoms with E-state index in [1.54, 1.807) is 10.6 Å². The highest BCUT2D eigenvalue weighted by atomic mass is 16.6. The summed E-state index contributed by atoms with van der Waals surface area (Å²) in [6.07, 6.45) is 4.41. The van der Waals surface area contributed by atoms with E-state index in [4.69, 9.17) is 0 Å². The van der Waals surface area contributed by atoms with Crippen molar-refractivity contribution in [3.63, 3.8) is 0 Å². The standard InChI is InChI=1S/C6H7N3O2/c1-2-3-8-4-6(7-5-8)9(10)11/h2,4-5H,1,3H2. The van der Waals surface area contributed by atoms with Gasteiger partial charge in [0.2, 0.25) is 6.33 Å². The number of allylic oxidation sites excluding steroid dienone is 1. The third kappa shape index (κ3) is 1.64. The maximum Gasteiger partial charge on any atom is 0.381 e. The molecule has 0 unspecified atom stereocenters. The van der Waals surface area contributed by atoms with E-state index in [9.17, 15) is 10.1 Å². The molecule has 0 amide bonds. The Morgan fingerprint density at radius 2 is 2.64 bits per heavy atom. The largest absolute Gasteiger partial charge is 0.381 e. The Balaban J connectivity index is 2.81. The van der Waals surface area contributed by atoms with E-state index in [1.165, 1.54) is 12.5 Å². The Morgan fingerprint density at radius 1 is 1.91 bits per heavy atom. The summed E-state index contributed by atoms with van der Waals surface area (Å²) in [5, 5.41) is 10.1. The van der Waals surface area contributed by atoms with Gasteiger partial charge < -0.3 is 14.7 Å². The second-order valence-electron chi connectivity index (χ2n) is 1.97. The molecule has 1 aromatic rings. The van der Waals surface area contributed by atoms with Crippen molar-refractivity contribution in [3.8, 4) is 0 Å². The van der Waals surface area contributed by atoms with Crippen LogP contribution in [0.4, 0.5) is 5.82 Å². The van der Waals surface area contributed by atoms with Crippen molar-refractivity contribution in [2.45, 2.75) is 6.54 Å². The van der Waals surface area contributed by atoms with Gasteiger partial charge in [-0.15, -0.1) is 6.58 Å². The summed E-state index contributed by atoms with van der Waals surface area (Å²) in [4.78, 5) is 13.1. The van der Waals surface area contributed by atoms with E-state index in [1.807, 2.05) is 0 Å². The summed E-state index contributed by atoms with van der Waals surface area (Å²) in [7, 11) is 0. The van der Waals surface area contributed by atoms with Crippen molar-refractivity contribution in [2.75, 3.05) is 0 Å². The van der Waals surface area contributed by atoms with Crippen molar-refractivity contribution >= 4 is 5.82 Å². The molecule has 5 nitrogen and oxygen atoms in total. The molecule has 5 heteroatoms. The predicted octanol–water partition coefficient (Wildman–Crippen LogP) is 0.977. The lowest BCUT2D eigenvalue weighted by Gasteiger charge is -1.88. The third-order valence-corrected chi connectivity index (χ3v) is 1.15. The highest BCUT2D eigenvalue weighted by Crippen LogP contribution is 2.04. The van der Waals surface area contributed by atoms with Gasteiger partial charge in [-0.1, -0.05) is 6.08 Å². The maximum absolute atomic E-state index is 10.1. The van der Waals surface area contributed by atoms with Gasteiger partial charge in [0.15, 0.2) is 0 Å². The number of hydrogen-bond donors (Lipinski definition) is 0. The Hall–Kier alpha value is -1.65. The quantitative estimate of drug-likeness (QED) is 0.369. The lowest BCUT2D eigenvalue weighted by Crippen LogP contribution is -1.89. The Bertz CT molecular complexity index is 279. The minimum absolute atomic E-state index is 0.133. The number of nitro groups is 1. The summed E-state index contributed by atoms with van der Waals surface area (Å²) in [6.45, 7) is 4.03. The fraction of sp³-hybridized carbons (Fsp3) is 0.167. The molecule has 1 heterocycles. The van der Waals surface area contributed by atoms with Gasteiger partial charge in [0.25, 0.3) is 0 Å². The van der Waals surface area contributed by atoms with E-state index in [0.717, 1.165) is 0 Å². The predicted molar refractivity (Wildman–Crippen MR) is 39.1 cm³/mol. The minimum atomic E-state index is -0.528. The van der Waals surface area contributed by atoms with Crippen LogP contribution < -0.4 is 0 Å². The van der Waals surface area contributed by atoms with E-state index in [2.05, 4.69) is 11.6 Å². The molecule has 0 aromatic carbocycles. The van der Waals surface area contributed by atoms with Crippen LogP contribution in [0.1, 0.15) is 0 Å². The van der Waals surface area contributed by atoms with E-state index in [0.29, 0.717) is 6.54 Å². The van der Waals surface area contributed by atoms with Gasteiger partial charge in [-0.2, -0.15) is 0 Å².